The highest BCUT2D eigenvalue weighted by atomic mass is 16.4. The SMILES string of the molecule is CC1CCCC(C)N1NCCCCC(=O)O. The Balaban J connectivity index is 2.13. The summed E-state index contributed by atoms with van der Waals surface area (Å²) in [6.07, 6.45) is 5.81. The van der Waals surface area contributed by atoms with Crippen LogP contribution in [0.3, 0.4) is 0 Å². The highest BCUT2D eigenvalue weighted by molar-refractivity contribution is 5.66. The number of carboxylic acid groups (broad SMARTS) is 1. The summed E-state index contributed by atoms with van der Waals surface area (Å²) < 4.78 is 0. The summed E-state index contributed by atoms with van der Waals surface area (Å²) in [5.74, 6) is -0.695. The van der Waals surface area contributed by atoms with Crippen LogP contribution < -0.4 is 5.43 Å². The minimum atomic E-state index is -0.695. The molecule has 1 aliphatic heterocycles. The molecule has 1 aliphatic rings. The molecule has 1 heterocycles. The molecular formula is C12H24N2O2. The van der Waals surface area contributed by atoms with E-state index in [1.54, 1.807) is 0 Å². The first kappa shape index (κ1) is 13.5. The van der Waals surface area contributed by atoms with E-state index in [0.717, 1.165) is 19.4 Å². The molecule has 0 saturated carbocycles. The standard InChI is InChI=1S/C12H24N2O2/c1-10-6-5-7-11(2)14(10)13-9-4-3-8-12(15)16/h10-11,13H,3-9H2,1-2H3,(H,15,16). The number of piperidine rings is 1. The first-order valence-electron chi connectivity index (χ1n) is 6.35. The van der Waals surface area contributed by atoms with Crippen LogP contribution in [0.2, 0.25) is 0 Å². The Morgan fingerprint density at radius 2 is 1.94 bits per heavy atom. The number of nitrogens with one attached hydrogen (secondary N) is 1. The lowest BCUT2D eigenvalue weighted by Crippen LogP contribution is -2.52. The quantitative estimate of drug-likeness (QED) is 0.683. The molecule has 1 rings (SSSR count). The van der Waals surface area contributed by atoms with Crippen molar-refractivity contribution in [2.24, 2.45) is 0 Å². The Labute approximate surface area is 98.0 Å². The van der Waals surface area contributed by atoms with Gasteiger partial charge in [0.2, 0.25) is 0 Å². The van der Waals surface area contributed by atoms with Crippen LogP contribution in [0.15, 0.2) is 0 Å². The summed E-state index contributed by atoms with van der Waals surface area (Å²) in [7, 11) is 0. The van der Waals surface area contributed by atoms with Gasteiger partial charge in [0.1, 0.15) is 0 Å². The van der Waals surface area contributed by atoms with E-state index < -0.39 is 5.97 Å². The van der Waals surface area contributed by atoms with Crippen LogP contribution >= 0.6 is 0 Å². The maximum atomic E-state index is 10.3. The Hall–Kier alpha value is -0.610. The van der Waals surface area contributed by atoms with Crippen LogP contribution in [0, 0.1) is 0 Å². The largest absolute Gasteiger partial charge is 0.481 e. The van der Waals surface area contributed by atoms with Crippen LogP contribution in [0.4, 0.5) is 0 Å². The molecule has 2 N–H and O–H groups in total. The van der Waals surface area contributed by atoms with Gasteiger partial charge in [0.25, 0.3) is 0 Å². The molecule has 1 fully saturated rings. The van der Waals surface area contributed by atoms with Crippen molar-refractivity contribution >= 4 is 5.97 Å². The summed E-state index contributed by atoms with van der Waals surface area (Å²) in [4.78, 5) is 10.3. The lowest BCUT2D eigenvalue weighted by molar-refractivity contribution is -0.137. The van der Waals surface area contributed by atoms with Crippen molar-refractivity contribution in [2.45, 2.75) is 64.5 Å². The van der Waals surface area contributed by atoms with E-state index in [2.05, 4.69) is 24.3 Å². The smallest absolute Gasteiger partial charge is 0.303 e. The van der Waals surface area contributed by atoms with Gasteiger partial charge < -0.3 is 5.11 Å². The molecule has 0 aromatic rings. The van der Waals surface area contributed by atoms with Crippen LogP contribution in [0.25, 0.3) is 0 Å². The molecule has 4 heteroatoms. The van der Waals surface area contributed by atoms with E-state index in [1.807, 2.05) is 0 Å². The molecule has 0 spiro atoms. The number of hydrazine groups is 1. The molecular weight excluding hydrogens is 204 g/mol. The van der Waals surface area contributed by atoms with E-state index in [0.29, 0.717) is 12.1 Å². The second-order valence-corrected chi connectivity index (χ2v) is 4.80. The van der Waals surface area contributed by atoms with Gasteiger partial charge in [-0.15, -0.1) is 0 Å². The third-order valence-electron chi connectivity index (χ3n) is 3.31. The summed E-state index contributed by atoms with van der Waals surface area (Å²) in [6, 6.07) is 1.20. The maximum absolute atomic E-state index is 10.3. The topological polar surface area (TPSA) is 52.6 Å². The van der Waals surface area contributed by atoms with Crippen LogP contribution in [-0.2, 0) is 4.79 Å². The van der Waals surface area contributed by atoms with E-state index in [4.69, 9.17) is 5.11 Å². The number of unbranched alkanes of at least 4 members (excludes halogenated alkanes) is 1. The molecule has 4 nitrogen and oxygen atoms in total. The number of nitrogens with zero attached hydrogens (tertiary/aromatic N) is 1. The highest BCUT2D eigenvalue weighted by Gasteiger charge is 2.23. The summed E-state index contributed by atoms with van der Waals surface area (Å²) >= 11 is 0. The van der Waals surface area contributed by atoms with Gasteiger partial charge in [-0.1, -0.05) is 6.42 Å². The number of aliphatic carboxylic acids is 1. The third kappa shape index (κ3) is 4.49. The number of carboxylic acids is 1. The zero-order valence-corrected chi connectivity index (χ0v) is 10.4. The van der Waals surface area contributed by atoms with Crippen molar-refractivity contribution < 1.29 is 9.90 Å². The molecule has 0 aliphatic carbocycles. The fourth-order valence-corrected chi connectivity index (χ4v) is 2.34. The molecule has 0 aromatic carbocycles. The van der Waals surface area contributed by atoms with Crippen molar-refractivity contribution in [3.05, 3.63) is 0 Å². The Bertz CT molecular complexity index is 211. The van der Waals surface area contributed by atoms with Crippen molar-refractivity contribution in [3.63, 3.8) is 0 Å². The summed E-state index contributed by atoms with van der Waals surface area (Å²) in [6.45, 7) is 5.39. The molecule has 0 aromatic heterocycles. The Kier molecular flexibility index (Phi) is 5.77. The first-order valence-corrected chi connectivity index (χ1v) is 6.35. The zero-order chi connectivity index (χ0) is 12.0. The monoisotopic (exact) mass is 228 g/mol. The van der Waals surface area contributed by atoms with Gasteiger partial charge in [-0.2, -0.15) is 0 Å². The minimum absolute atomic E-state index is 0.285. The second-order valence-electron chi connectivity index (χ2n) is 4.80. The molecule has 2 unspecified atom stereocenters. The molecule has 0 bridgehead atoms. The fourth-order valence-electron chi connectivity index (χ4n) is 2.34. The van der Waals surface area contributed by atoms with Gasteiger partial charge in [0.15, 0.2) is 0 Å². The van der Waals surface area contributed by atoms with E-state index in [1.165, 1.54) is 19.3 Å². The van der Waals surface area contributed by atoms with Gasteiger partial charge in [-0.25, -0.2) is 5.01 Å². The van der Waals surface area contributed by atoms with E-state index in [-0.39, 0.29) is 6.42 Å². The van der Waals surface area contributed by atoms with E-state index in [9.17, 15) is 4.79 Å². The van der Waals surface area contributed by atoms with Gasteiger partial charge in [0, 0.05) is 25.0 Å². The molecule has 0 radical (unpaired) electrons. The molecule has 1 saturated heterocycles. The van der Waals surface area contributed by atoms with E-state index >= 15 is 0 Å². The van der Waals surface area contributed by atoms with Crippen LogP contribution in [0.1, 0.15) is 52.4 Å². The predicted octanol–water partition coefficient (Wildman–Crippen LogP) is 2.01. The van der Waals surface area contributed by atoms with Crippen molar-refractivity contribution in [2.75, 3.05) is 6.54 Å². The molecule has 94 valence electrons. The van der Waals surface area contributed by atoms with Crippen molar-refractivity contribution in [3.8, 4) is 0 Å². The third-order valence-corrected chi connectivity index (χ3v) is 3.31. The minimum Gasteiger partial charge on any atom is -0.481 e. The van der Waals surface area contributed by atoms with Gasteiger partial charge >= 0.3 is 5.97 Å². The fraction of sp³-hybridized carbons (Fsp3) is 0.917. The van der Waals surface area contributed by atoms with Gasteiger partial charge in [0.05, 0.1) is 0 Å². The Morgan fingerprint density at radius 1 is 1.31 bits per heavy atom. The predicted molar refractivity (Wildman–Crippen MR) is 64.1 cm³/mol. The van der Waals surface area contributed by atoms with Crippen molar-refractivity contribution in [1.29, 1.82) is 0 Å². The Morgan fingerprint density at radius 3 is 2.50 bits per heavy atom. The van der Waals surface area contributed by atoms with Crippen LogP contribution in [-0.4, -0.2) is 34.7 Å². The molecule has 0 amide bonds. The lowest BCUT2D eigenvalue weighted by atomic mass is 10.00. The summed E-state index contributed by atoms with van der Waals surface area (Å²) in [5, 5.41) is 10.9. The molecule has 16 heavy (non-hydrogen) atoms. The normalized spacial score (nSPS) is 26.9. The average molecular weight is 228 g/mol. The number of carbonyl (C=O) groups is 1. The van der Waals surface area contributed by atoms with Crippen LogP contribution in [0.5, 0.6) is 0 Å². The molecule has 2 atom stereocenters. The average Bonchev–Trinajstić information content (AvgIpc) is 2.21. The first-order chi connectivity index (χ1) is 7.61. The lowest BCUT2D eigenvalue weighted by Gasteiger charge is -2.39. The van der Waals surface area contributed by atoms with Gasteiger partial charge in [-0.05, 0) is 39.5 Å². The zero-order valence-electron chi connectivity index (χ0n) is 10.4. The summed E-state index contributed by atoms with van der Waals surface area (Å²) in [5.41, 5.74) is 3.44. The number of rotatable bonds is 6. The maximum Gasteiger partial charge on any atom is 0.303 e. The second kappa shape index (κ2) is 6.86. The number of hydrogen-bond acceptors (Lipinski definition) is 3. The highest BCUT2D eigenvalue weighted by Crippen LogP contribution is 2.20. The number of hydrogen-bond donors (Lipinski definition) is 2. The van der Waals surface area contributed by atoms with Crippen molar-refractivity contribution in [1.82, 2.24) is 10.4 Å². The van der Waals surface area contributed by atoms with Gasteiger partial charge in [-0.3, -0.25) is 10.2 Å².